The highest BCUT2D eigenvalue weighted by atomic mass is 19.1. The first kappa shape index (κ1) is 14.3. The minimum absolute atomic E-state index is 0.139. The predicted molar refractivity (Wildman–Crippen MR) is 79.0 cm³/mol. The Kier molecular flexibility index (Phi) is 5.20. The Hall–Kier alpha value is -1.09. The lowest BCUT2D eigenvalue weighted by Gasteiger charge is -2.27. The minimum Gasteiger partial charge on any atom is -0.371 e. The molecule has 0 radical (unpaired) electrons. The third-order valence-electron chi connectivity index (χ3n) is 3.62. The largest absolute Gasteiger partial charge is 0.371 e. The van der Waals surface area contributed by atoms with Crippen molar-refractivity contribution in [2.45, 2.75) is 39.7 Å². The molecule has 1 aromatic carbocycles. The van der Waals surface area contributed by atoms with Crippen molar-refractivity contribution in [3.8, 4) is 0 Å². The van der Waals surface area contributed by atoms with Crippen LogP contribution in [0, 0.1) is 11.7 Å². The number of anilines is 1. The molecule has 106 valence electrons. The molecule has 0 saturated heterocycles. The molecule has 1 aromatic rings. The smallest absolute Gasteiger partial charge is 0.123 e. The fourth-order valence-corrected chi connectivity index (χ4v) is 2.46. The Balaban J connectivity index is 2.17. The Bertz CT molecular complexity index is 402. The topological polar surface area (TPSA) is 15.3 Å². The standard InChI is InChI=1S/C16H25FN2/c1-3-9-19(12-13-5-6-13)16-8-7-15(17)10-14(16)11-18-4-2/h7-8,10,13,18H,3-6,9,11-12H2,1-2H3. The van der Waals surface area contributed by atoms with Crippen molar-refractivity contribution in [1.82, 2.24) is 5.32 Å². The highest BCUT2D eigenvalue weighted by Gasteiger charge is 2.25. The van der Waals surface area contributed by atoms with Crippen LogP contribution in [0.4, 0.5) is 10.1 Å². The van der Waals surface area contributed by atoms with Crippen molar-refractivity contribution in [3.05, 3.63) is 29.6 Å². The normalized spacial score (nSPS) is 14.7. The summed E-state index contributed by atoms with van der Waals surface area (Å²) in [4.78, 5) is 2.43. The van der Waals surface area contributed by atoms with E-state index in [0.717, 1.165) is 44.1 Å². The van der Waals surface area contributed by atoms with Gasteiger partial charge in [-0.15, -0.1) is 0 Å². The van der Waals surface area contributed by atoms with Crippen molar-refractivity contribution in [2.75, 3.05) is 24.5 Å². The SMILES string of the molecule is CCCN(CC1CC1)c1ccc(F)cc1CNCC. The van der Waals surface area contributed by atoms with Crippen LogP contribution in [0.1, 0.15) is 38.7 Å². The molecule has 0 atom stereocenters. The fraction of sp³-hybridized carbons (Fsp3) is 0.625. The van der Waals surface area contributed by atoms with Gasteiger partial charge in [0.05, 0.1) is 0 Å². The van der Waals surface area contributed by atoms with Gasteiger partial charge in [0.1, 0.15) is 5.82 Å². The number of halogens is 1. The quantitative estimate of drug-likeness (QED) is 0.772. The van der Waals surface area contributed by atoms with Gasteiger partial charge in [0.15, 0.2) is 0 Å². The van der Waals surface area contributed by atoms with Gasteiger partial charge in [0.25, 0.3) is 0 Å². The molecule has 0 amide bonds. The highest BCUT2D eigenvalue weighted by molar-refractivity contribution is 5.54. The molecule has 1 N–H and O–H groups in total. The van der Waals surface area contributed by atoms with E-state index in [2.05, 4.69) is 24.1 Å². The fourth-order valence-electron chi connectivity index (χ4n) is 2.46. The van der Waals surface area contributed by atoms with Crippen LogP contribution in [0.3, 0.4) is 0 Å². The Morgan fingerprint density at radius 2 is 2.11 bits per heavy atom. The summed E-state index contributed by atoms with van der Waals surface area (Å²) in [6, 6.07) is 5.20. The zero-order chi connectivity index (χ0) is 13.7. The van der Waals surface area contributed by atoms with Crippen molar-refractivity contribution in [2.24, 2.45) is 5.92 Å². The Labute approximate surface area is 116 Å². The van der Waals surface area contributed by atoms with E-state index in [-0.39, 0.29) is 5.82 Å². The van der Waals surface area contributed by atoms with E-state index in [9.17, 15) is 4.39 Å². The van der Waals surface area contributed by atoms with E-state index in [1.54, 1.807) is 12.1 Å². The third kappa shape index (κ3) is 4.20. The molecule has 2 rings (SSSR count). The van der Waals surface area contributed by atoms with Crippen LogP contribution in [0.25, 0.3) is 0 Å². The van der Waals surface area contributed by atoms with Crippen molar-refractivity contribution in [3.63, 3.8) is 0 Å². The summed E-state index contributed by atoms with van der Waals surface area (Å²) in [6.07, 6.45) is 3.83. The molecular formula is C16H25FN2. The van der Waals surface area contributed by atoms with Gasteiger partial charge >= 0.3 is 0 Å². The van der Waals surface area contributed by atoms with Crippen LogP contribution in [0.15, 0.2) is 18.2 Å². The number of hydrogen-bond acceptors (Lipinski definition) is 2. The van der Waals surface area contributed by atoms with Crippen molar-refractivity contribution < 1.29 is 4.39 Å². The summed E-state index contributed by atoms with van der Waals surface area (Å²) in [5, 5.41) is 3.30. The second-order valence-electron chi connectivity index (χ2n) is 5.44. The first-order valence-corrected chi connectivity index (χ1v) is 7.48. The predicted octanol–water partition coefficient (Wildman–Crippen LogP) is 3.56. The van der Waals surface area contributed by atoms with Gasteiger partial charge in [0, 0.05) is 25.3 Å². The maximum Gasteiger partial charge on any atom is 0.123 e. The Morgan fingerprint density at radius 3 is 2.74 bits per heavy atom. The first-order chi connectivity index (χ1) is 9.24. The van der Waals surface area contributed by atoms with Crippen molar-refractivity contribution in [1.29, 1.82) is 0 Å². The lowest BCUT2D eigenvalue weighted by atomic mass is 10.1. The molecule has 0 bridgehead atoms. The molecule has 19 heavy (non-hydrogen) atoms. The Morgan fingerprint density at radius 1 is 1.32 bits per heavy atom. The molecular weight excluding hydrogens is 239 g/mol. The zero-order valence-corrected chi connectivity index (χ0v) is 12.1. The van der Waals surface area contributed by atoms with Gasteiger partial charge in [-0.2, -0.15) is 0 Å². The summed E-state index contributed by atoms with van der Waals surface area (Å²) in [6.45, 7) is 8.11. The second-order valence-corrected chi connectivity index (χ2v) is 5.44. The van der Waals surface area contributed by atoms with Crippen LogP contribution in [-0.2, 0) is 6.54 Å². The van der Waals surface area contributed by atoms with Gasteiger partial charge in [-0.05, 0) is 55.5 Å². The minimum atomic E-state index is -0.139. The summed E-state index contributed by atoms with van der Waals surface area (Å²) in [5.74, 6) is 0.711. The molecule has 0 heterocycles. The van der Waals surface area contributed by atoms with E-state index in [1.165, 1.54) is 18.5 Å². The molecule has 3 heteroatoms. The van der Waals surface area contributed by atoms with Crippen LogP contribution in [0.2, 0.25) is 0 Å². The summed E-state index contributed by atoms with van der Waals surface area (Å²) in [7, 11) is 0. The molecule has 1 saturated carbocycles. The van der Waals surface area contributed by atoms with E-state index in [1.807, 2.05) is 6.07 Å². The molecule has 0 aliphatic heterocycles. The van der Waals surface area contributed by atoms with E-state index < -0.39 is 0 Å². The zero-order valence-electron chi connectivity index (χ0n) is 12.1. The van der Waals surface area contributed by atoms with Crippen LogP contribution >= 0.6 is 0 Å². The summed E-state index contributed by atoms with van der Waals surface area (Å²) >= 11 is 0. The summed E-state index contributed by atoms with van der Waals surface area (Å²) in [5.41, 5.74) is 2.28. The number of benzene rings is 1. The van der Waals surface area contributed by atoms with E-state index in [4.69, 9.17) is 0 Å². The van der Waals surface area contributed by atoms with Gasteiger partial charge in [0.2, 0.25) is 0 Å². The second kappa shape index (κ2) is 6.90. The van der Waals surface area contributed by atoms with Gasteiger partial charge in [-0.25, -0.2) is 4.39 Å². The lowest BCUT2D eigenvalue weighted by Crippen LogP contribution is -2.28. The molecule has 2 nitrogen and oxygen atoms in total. The van der Waals surface area contributed by atoms with E-state index in [0.29, 0.717) is 0 Å². The number of nitrogens with zero attached hydrogens (tertiary/aromatic N) is 1. The monoisotopic (exact) mass is 264 g/mol. The molecule has 0 unspecified atom stereocenters. The van der Waals surface area contributed by atoms with E-state index >= 15 is 0 Å². The average Bonchev–Trinajstić information content (AvgIpc) is 3.20. The maximum atomic E-state index is 13.5. The molecule has 1 fully saturated rings. The van der Waals surface area contributed by atoms with Gasteiger partial charge < -0.3 is 10.2 Å². The molecule has 0 spiro atoms. The summed E-state index contributed by atoms with van der Waals surface area (Å²) < 4.78 is 13.5. The number of hydrogen-bond donors (Lipinski definition) is 1. The molecule has 0 aromatic heterocycles. The maximum absolute atomic E-state index is 13.5. The average molecular weight is 264 g/mol. The molecule has 1 aliphatic rings. The third-order valence-corrected chi connectivity index (χ3v) is 3.62. The van der Waals surface area contributed by atoms with Crippen LogP contribution in [0.5, 0.6) is 0 Å². The van der Waals surface area contributed by atoms with Gasteiger partial charge in [-0.1, -0.05) is 13.8 Å². The number of rotatable bonds is 8. The molecule has 1 aliphatic carbocycles. The van der Waals surface area contributed by atoms with Gasteiger partial charge in [-0.3, -0.25) is 0 Å². The van der Waals surface area contributed by atoms with Crippen molar-refractivity contribution >= 4 is 5.69 Å². The lowest BCUT2D eigenvalue weighted by molar-refractivity contribution is 0.619. The van der Waals surface area contributed by atoms with Crippen LogP contribution < -0.4 is 10.2 Å². The first-order valence-electron chi connectivity index (χ1n) is 7.48. The highest BCUT2D eigenvalue weighted by Crippen LogP contribution is 2.32. The number of nitrogens with one attached hydrogen (secondary N) is 1. The van der Waals surface area contributed by atoms with Crippen LogP contribution in [-0.4, -0.2) is 19.6 Å².